The molecular weight excluding hydrogens is 496 g/mol. The van der Waals surface area contributed by atoms with E-state index in [0.717, 1.165) is 53.5 Å². The molecular formula is C33H36N6O. The molecule has 0 aliphatic carbocycles. The van der Waals surface area contributed by atoms with E-state index in [1.807, 2.05) is 61.1 Å². The zero-order valence-electron chi connectivity index (χ0n) is 23.7. The summed E-state index contributed by atoms with van der Waals surface area (Å²) in [6.07, 6.45) is 9.98. The van der Waals surface area contributed by atoms with Crippen LogP contribution in [-0.4, -0.2) is 43.1 Å². The van der Waals surface area contributed by atoms with Crippen LogP contribution in [0.5, 0.6) is 0 Å². The van der Waals surface area contributed by atoms with Crippen LogP contribution >= 0.6 is 0 Å². The summed E-state index contributed by atoms with van der Waals surface area (Å²) in [5.74, 6) is -0.0973. The van der Waals surface area contributed by atoms with Crippen molar-refractivity contribution in [3.05, 3.63) is 102 Å². The summed E-state index contributed by atoms with van der Waals surface area (Å²) in [5.41, 5.74) is 8.60. The molecule has 40 heavy (non-hydrogen) atoms. The smallest absolute Gasteiger partial charge is 0.255 e. The first-order valence-corrected chi connectivity index (χ1v) is 14.0. The number of hydrogen-bond donors (Lipinski definition) is 1. The highest BCUT2D eigenvalue weighted by Crippen LogP contribution is 2.28. The lowest BCUT2D eigenvalue weighted by molar-refractivity contribution is 0.102. The van der Waals surface area contributed by atoms with Gasteiger partial charge in [0.2, 0.25) is 0 Å². The molecule has 204 valence electrons. The molecule has 0 radical (unpaired) electrons. The highest BCUT2D eigenvalue weighted by Gasteiger charge is 2.20. The number of aromatic nitrogens is 4. The summed E-state index contributed by atoms with van der Waals surface area (Å²) in [7, 11) is 0. The second kappa shape index (κ2) is 10.4. The molecule has 2 aromatic carbocycles. The highest BCUT2D eigenvalue weighted by molar-refractivity contribution is 6.04. The Morgan fingerprint density at radius 2 is 1.82 bits per heavy atom. The average molecular weight is 533 g/mol. The number of nitrogens with one attached hydrogen (secondary N) is 1. The minimum atomic E-state index is -0.0973. The quantitative estimate of drug-likeness (QED) is 0.266. The number of anilines is 1. The van der Waals surface area contributed by atoms with Crippen LogP contribution in [0, 0.1) is 6.92 Å². The van der Waals surface area contributed by atoms with Crippen molar-refractivity contribution in [2.45, 2.75) is 52.5 Å². The molecule has 7 nitrogen and oxygen atoms in total. The number of imidazole rings is 1. The normalized spacial score (nSPS) is 14.2. The Balaban J connectivity index is 1.32. The molecule has 0 bridgehead atoms. The number of amides is 1. The Kier molecular flexibility index (Phi) is 6.76. The zero-order valence-corrected chi connectivity index (χ0v) is 23.7. The molecule has 4 heterocycles. The minimum absolute atomic E-state index is 0.0519. The molecule has 5 aromatic rings. The van der Waals surface area contributed by atoms with Crippen molar-refractivity contribution in [2.24, 2.45) is 0 Å². The number of fused-ring (bicyclic) bond motifs is 1. The summed E-state index contributed by atoms with van der Waals surface area (Å²) in [4.78, 5) is 25.0. The van der Waals surface area contributed by atoms with Gasteiger partial charge in [0, 0.05) is 48.0 Å². The van der Waals surface area contributed by atoms with Crippen LogP contribution in [-0.2, 0) is 12.0 Å². The minimum Gasteiger partial charge on any atom is -0.322 e. The largest absolute Gasteiger partial charge is 0.322 e. The van der Waals surface area contributed by atoms with E-state index in [1.165, 1.54) is 24.0 Å². The SMILES string of the molecule is Cc1ccc(NC(=O)c2cc(CN3CCCC3)cc(C(C)(C)C)c2)cc1-n1ccc2ncc(-c3cccnc3)n21. The number of nitrogens with zero attached hydrogens (tertiary/aromatic N) is 5. The summed E-state index contributed by atoms with van der Waals surface area (Å²) in [5, 5.41) is 3.17. The van der Waals surface area contributed by atoms with Crippen molar-refractivity contribution in [3.63, 3.8) is 0 Å². The number of rotatable bonds is 6. The van der Waals surface area contributed by atoms with Gasteiger partial charge in [-0.05, 0) is 91.4 Å². The molecule has 7 heteroatoms. The van der Waals surface area contributed by atoms with Gasteiger partial charge >= 0.3 is 0 Å². The Hall–Kier alpha value is -4.23. The van der Waals surface area contributed by atoms with Crippen LogP contribution < -0.4 is 5.32 Å². The van der Waals surface area contributed by atoms with Crippen LogP contribution in [0.25, 0.3) is 22.6 Å². The Morgan fingerprint density at radius 1 is 1.00 bits per heavy atom. The molecule has 0 unspecified atom stereocenters. The van der Waals surface area contributed by atoms with Gasteiger partial charge in [0.1, 0.15) is 0 Å². The third-order valence-electron chi connectivity index (χ3n) is 7.74. The zero-order chi connectivity index (χ0) is 27.9. The predicted molar refractivity (Wildman–Crippen MR) is 160 cm³/mol. The highest BCUT2D eigenvalue weighted by atomic mass is 16.1. The molecule has 1 saturated heterocycles. The summed E-state index contributed by atoms with van der Waals surface area (Å²) in [6, 6.07) is 18.3. The van der Waals surface area contributed by atoms with E-state index < -0.39 is 0 Å². The van der Waals surface area contributed by atoms with Crippen LogP contribution in [0.1, 0.15) is 60.7 Å². The van der Waals surface area contributed by atoms with Gasteiger partial charge in [-0.2, -0.15) is 0 Å². The number of hydrogen-bond acceptors (Lipinski definition) is 4. The van der Waals surface area contributed by atoms with E-state index in [-0.39, 0.29) is 11.3 Å². The third kappa shape index (κ3) is 5.17. The van der Waals surface area contributed by atoms with E-state index in [1.54, 1.807) is 6.20 Å². The number of aryl methyl sites for hydroxylation is 1. The fourth-order valence-electron chi connectivity index (χ4n) is 5.49. The molecule has 0 spiro atoms. The molecule has 3 aromatic heterocycles. The standard InChI is InChI=1S/C33H36N6O/c1-23-9-10-28(19-29(23)38-15-11-31-35-21-30(39(31)38)25-8-7-12-34-20-25)36-32(40)26-16-24(22-37-13-5-6-14-37)17-27(18-26)33(2,3)4/h7-12,15-21H,5-6,13-14,22H2,1-4H3,(H,36,40). The molecule has 6 rings (SSSR count). The maximum absolute atomic E-state index is 13.6. The lowest BCUT2D eigenvalue weighted by Crippen LogP contribution is -2.21. The fraction of sp³-hybridized carbons (Fsp3) is 0.303. The van der Waals surface area contributed by atoms with Gasteiger partial charge in [0.15, 0.2) is 5.65 Å². The van der Waals surface area contributed by atoms with Crippen LogP contribution in [0.3, 0.4) is 0 Å². The molecule has 1 aliphatic heterocycles. The second-order valence-electron chi connectivity index (χ2n) is 11.8. The van der Waals surface area contributed by atoms with Crippen molar-refractivity contribution in [1.82, 2.24) is 24.1 Å². The van der Waals surface area contributed by atoms with Gasteiger partial charge in [-0.1, -0.05) is 32.9 Å². The first kappa shape index (κ1) is 26.0. The molecule has 1 fully saturated rings. The van der Waals surface area contributed by atoms with Gasteiger partial charge in [0.05, 0.1) is 17.6 Å². The van der Waals surface area contributed by atoms with E-state index in [2.05, 4.69) is 69.2 Å². The van der Waals surface area contributed by atoms with Crippen molar-refractivity contribution < 1.29 is 4.79 Å². The lowest BCUT2D eigenvalue weighted by atomic mass is 9.85. The van der Waals surface area contributed by atoms with E-state index in [4.69, 9.17) is 0 Å². The molecule has 1 aliphatic rings. The van der Waals surface area contributed by atoms with Crippen LogP contribution in [0.15, 0.2) is 79.4 Å². The molecule has 0 atom stereocenters. The van der Waals surface area contributed by atoms with E-state index in [0.29, 0.717) is 5.56 Å². The number of likely N-dealkylation sites (tertiary alicyclic amines) is 1. The van der Waals surface area contributed by atoms with Gasteiger partial charge in [-0.15, -0.1) is 0 Å². The van der Waals surface area contributed by atoms with Crippen molar-refractivity contribution in [1.29, 1.82) is 0 Å². The Bertz CT molecular complexity index is 1670. The summed E-state index contributed by atoms with van der Waals surface area (Å²) >= 11 is 0. The van der Waals surface area contributed by atoms with E-state index >= 15 is 0 Å². The number of carbonyl (C=O) groups is 1. The first-order chi connectivity index (χ1) is 19.3. The van der Waals surface area contributed by atoms with Gasteiger partial charge in [0.25, 0.3) is 5.91 Å². The van der Waals surface area contributed by atoms with Crippen molar-refractivity contribution >= 4 is 17.2 Å². The topological polar surface area (TPSA) is 67.5 Å². The first-order valence-electron chi connectivity index (χ1n) is 14.0. The number of pyridine rings is 1. The number of benzene rings is 2. The van der Waals surface area contributed by atoms with E-state index in [9.17, 15) is 4.79 Å². The molecule has 1 N–H and O–H groups in total. The molecule has 0 saturated carbocycles. The summed E-state index contributed by atoms with van der Waals surface area (Å²) in [6.45, 7) is 11.8. The van der Waals surface area contributed by atoms with Crippen molar-refractivity contribution in [3.8, 4) is 16.9 Å². The fourth-order valence-corrected chi connectivity index (χ4v) is 5.49. The maximum Gasteiger partial charge on any atom is 0.255 e. The molecule has 1 amide bonds. The average Bonchev–Trinajstić information content (AvgIpc) is 3.69. The Morgan fingerprint density at radius 3 is 2.58 bits per heavy atom. The van der Waals surface area contributed by atoms with Gasteiger partial charge < -0.3 is 5.32 Å². The van der Waals surface area contributed by atoms with Crippen molar-refractivity contribution in [2.75, 3.05) is 18.4 Å². The second-order valence-corrected chi connectivity index (χ2v) is 11.8. The maximum atomic E-state index is 13.6. The third-order valence-corrected chi connectivity index (χ3v) is 7.74. The van der Waals surface area contributed by atoms with Gasteiger partial charge in [-0.3, -0.25) is 19.4 Å². The van der Waals surface area contributed by atoms with Gasteiger partial charge in [-0.25, -0.2) is 9.50 Å². The lowest BCUT2D eigenvalue weighted by Gasteiger charge is -2.23. The predicted octanol–water partition coefficient (Wildman–Crippen LogP) is 6.64. The Labute approximate surface area is 235 Å². The number of carbonyl (C=O) groups excluding carboxylic acids is 1. The summed E-state index contributed by atoms with van der Waals surface area (Å²) < 4.78 is 4.15. The monoisotopic (exact) mass is 532 g/mol. The van der Waals surface area contributed by atoms with Crippen LogP contribution in [0.4, 0.5) is 5.69 Å². The van der Waals surface area contributed by atoms with Crippen LogP contribution in [0.2, 0.25) is 0 Å².